The summed E-state index contributed by atoms with van der Waals surface area (Å²) in [5.74, 6) is 0. The molecule has 8 aromatic carbocycles. The van der Waals surface area contributed by atoms with Gasteiger partial charge in [-0.1, -0.05) is 140 Å². The van der Waals surface area contributed by atoms with Crippen molar-refractivity contribution >= 4 is 65.4 Å². The van der Waals surface area contributed by atoms with E-state index in [1.807, 2.05) is 18.2 Å². The Bertz CT molecular complexity index is 2790. The van der Waals surface area contributed by atoms with E-state index in [4.69, 9.17) is 8.83 Å². The number of benzene rings is 8. The second kappa shape index (κ2) is 9.69. The van der Waals surface area contributed by atoms with E-state index >= 15 is 0 Å². The van der Waals surface area contributed by atoms with Crippen LogP contribution in [0.5, 0.6) is 0 Å². The minimum atomic E-state index is 0.875. The zero-order chi connectivity index (χ0) is 30.2. The van der Waals surface area contributed by atoms with Gasteiger partial charge in [0.15, 0.2) is 0 Å². The van der Waals surface area contributed by atoms with Crippen molar-refractivity contribution in [3.05, 3.63) is 158 Å². The summed E-state index contributed by atoms with van der Waals surface area (Å²) >= 11 is 0. The molecule has 0 saturated carbocycles. The van der Waals surface area contributed by atoms with Crippen molar-refractivity contribution < 1.29 is 8.83 Å². The average molecular weight is 587 g/mol. The van der Waals surface area contributed by atoms with E-state index < -0.39 is 0 Å². The van der Waals surface area contributed by atoms with Gasteiger partial charge in [0.05, 0.1) is 0 Å². The molecule has 0 amide bonds. The van der Waals surface area contributed by atoms with Crippen molar-refractivity contribution in [2.24, 2.45) is 0 Å². The van der Waals surface area contributed by atoms with Gasteiger partial charge >= 0.3 is 0 Å². The molecule has 0 N–H and O–H groups in total. The van der Waals surface area contributed by atoms with Crippen LogP contribution in [-0.2, 0) is 0 Å². The molecule has 0 atom stereocenters. The normalized spacial score (nSPS) is 11.9. The summed E-state index contributed by atoms with van der Waals surface area (Å²) in [5, 5.41) is 9.31. The first-order chi connectivity index (χ1) is 22.8. The Morgan fingerprint density at radius 3 is 1.61 bits per heavy atom. The summed E-state index contributed by atoms with van der Waals surface area (Å²) in [6.45, 7) is 0. The van der Waals surface area contributed by atoms with Crippen LogP contribution in [0.3, 0.4) is 0 Å². The predicted molar refractivity (Wildman–Crippen MR) is 192 cm³/mol. The minimum Gasteiger partial charge on any atom is -0.456 e. The van der Waals surface area contributed by atoms with E-state index in [-0.39, 0.29) is 0 Å². The van der Waals surface area contributed by atoms with E-state index in [9.17, 15) is 0 Å². The predicted octanol–water partition coefficient (Wildman–Crippen LogP) is 12.8. The lowest BCUT2D eigenvalue weighted by Crippen LogP contribution is -1.90. The van der Waals surface area contributed by atoms with Crippen LogP contribution in [-0.4, -0.2) is 0 Å². The van der Waals surface area contributed by atoms with Gasteiger partial charge in [-0.25, -0.2) is 0 Å². The van der Waals surface area contributed by atoms with Crippen molar-refractivity contribution in [3.8, 4) is 33.4 Å². The Kier molecular flexibility index (Phi) is 5.31. The Morgan fingerprint density at radius 2 is 0.826 bits per heavy atom. The van der Waals surface area contributed by atoms with E-state index in [2.05, 4.69) is 140 Å². The maximum Gasteiger partial charge on any atom is 0.144 e. The maximum absolute atomic E-state index is 6.86. The summed E-state index contributed by atoms with van der Waals surface area (Å²) in [5.41, 5.74) is 10.5. The first-order valence-electron chi connectivity index (χ1n) is 15.7. The third kappa shape index (κ3) is 3.59. The highest BCUT2D eigenvalue weighted by molar-refractivity contribution is 6.29. The van der Waals surface area contributed by atoms with Gasteiger partial charge in [-0.05, 0) is 62.0 Å². The molecule has 0 fully saturated rings. The van der Waals surface area contributed by atoms with Gasteiger partial charge in [0.1, 0.15) is 22.3 Å². The molecule has 0 aliphatic rings. The van der Waals surface area contributed by atoms with Crippen molar-refractivity contribution in [3.63, 3.8) is 0 Å². The quantitative estimate of drug-likeness (QED) is 0.206. The minimum absolute atomic E-state index is 0.875. The third-order valence-electron chi connectivity index (χ3n) is 9.48. The lowest BCUT2D eigenvalue weighted by molar-refractivity contribution is 0.669. The highest BCUT2D eigenvalue weighted by atomic mass is 16.3. The second-order valence-corrected chi connectivity index (χ2v) is 12.0. The third-order valence-corrected chi connectivity index (χ3v) is 9.48. The lowest BCUT2D eigenvalue weighted by atomic mass is 9.86. The maximum atomic E-state index is 6.86. The lowest BCUT2D eigenvalue weighted by Gasteiger charge is -2.16. The van der Waals surface area contributed by atoms with Crippen LogP contribution in [0.2, 0.25) is 0 Å². The molecule has 0 aliphatic carbocycles. The Labute approximate surface area is 264 Å². The molecular weight excluding hydrogens is 560 g/mol. The summed E-state index contributed by atoms with van der Waals surface area (Å²) in [6, 6.07) is 56.0. The number of hydrogen-bond donors (Lipinski definition) is 0. The number of para-hydroxylation sites is 2. The van der Waals surface area contributed by atoms with E-state index in [0.29, 0.717) is 0 Å². The van der Waals surface area contributed by atoms with Crippen LogP contribution in [0.4, 0.5) is 0 Å². The Hall–Kier alpha value is -6.12. The van der Waals surface area contributed by atoms with Gasteiger partial charge in [0.25, 0.3) is 0 Å². The zero-order valence-corrected chi connectivity index (χ0v) is 24.8. The average Bonchev–Trinajstić information content (AvgIpc) is 3.69. The van der Waals surface area contributed by atoms with Crippen molar-refractivity contribution in [1.82, 2.24) is 0 Å². The van der Waals surface area contributed by atoms with Crippen LogP contribution in [0.15, 0.2) is 167 Å². The molecule has 0 aliphatic heterocycles. The molecule has 10 rings (SSSR count). The molecule has 0 bridgehead atoms. The zero-order valence-electron chi connectivity index (χ0n) is 24.8. The largest absolute Gasteiger partial charge is 0.456 e. The van der Waals surface area contributed by atoms with Gasteiger partial charge in [-0.2, -0.15) is 0 Å². The first kappa shape index (κ1) is 25.2. The smallest absolute Gasteiger partial charge is 0.144 e. The van der Waals surface area contributed by atoms with Gasteiger partial charge < -0.3 is 8.83 Å². The van der Waals surface area contributed by atoms with Crippen molar-refractivity contribution in [2.45, 2.75) is 0 Å². The molecule has 0 unspecified atom stereocenters. The first-order valence-corrected chi connectivity index (χ1v) is 15.7. The fourth-order valence-corrected chi connectivity index (χ4v) is 7.49. The molecule has 46 heavy (non-hydrogen) atoms. The van der Waals surface area contributed by atoms with E-state index in [1.165, 1.54) is 32.8 Å². The summed E-state index contributed by atoms with van der Waals surface area (Å²) < 4.78 is 13.2. The monoisotopic (exact) mass is 586 g/mol. The molecule has 0 spiro atoms. The molecule has 0 radical (unpaired) electrons. The van der Waals surface area contributed by atoms with Gasteiger partial charge in [-0.3, -0.25) is 0 Å². The SMILES string of the molecule is c1ccc2c(-c3ccc(-c4c5ccccc5c(-c5cccc6oc7ccccc7c56)c5oc6ccccc6c45)cc3)cccc2c1. The standard InChI is InChI=1S/C44H26O2/c1-2-13-30-27(11-1)12-9-18-31(30)28-23-25-29(26-24-28)40-32-14-3-4-15-33(32)42(44-43(40)35-17-6-8-21-38(35)46-44)36-19-10-22-39-41(36)34-16-5-7-20-37(34)45-39/h1-26H. The van der Waals surface area contributed by atoms with Gasteiger partial charge in [0, 0.05) is 32.7 Å². The Morgan fingerprint density at radius 1 is 0.304 bits per heavy atom. The molecule has 2 heteroatoms. The molecule has 0 saturated heterocycles. The Balaban J connectivity index is 1.30. The van der Waals surface area contributed by atoms with E-state index in [0.717, 1.165) is 66.0 Å². The van der Waals surface area contributed by atoms with Gasteiger partial charge in [-0.15, -0.1) is 0 Å². The molecule has 10 aromatic rings. The highest BCUT2D eigenvalue weighted by Gasteiger charge is 2.24. The number of furan rings is 2. The van der Waals surface area contributed by atoms with Crippen molar-refractivity contribution in [1.29, 1.82) is 0 Å². The fourth-order valence-electron chi connectivity index (χ4n) is 7.49. The van der Waals surface area contributed by atoms with Crippen LogP contribution in [0.1, 0.15) is 0 Å². The van der Waals surface area contributed by atoms with Crippen LogP contribution >= 0.6 is 0 Å². The van der Waals surface area contributed by atoms with Crippen LogP contribution < -0.4 is 0 Å². The van der Waals surface area contributed by atoms with Crippen LogP contribution in [0.25, 0.3) is 98.8 Å². The number of hydrogen-bond acceptors (Lipinski definition) is 2. The fraction of sp³-hybridized carbons (Fsp3) is 0. The second-order valence-electron chi connectivity index (χ2n) is 12.0. The molecule has 214 valence electrons. The highest BCUT2D eigenvalue weighted by Crippen LogP contribution is 2.49. The summed E-state index contributed by atoms with van der Waals surface area (Å²) in [6.07, 6.45) is 0. The molecule has 2 nitrogen and oxygen atoms in total. The van der Waals surface area contributed by atoms with Crippen molar-refractivity contribution in [2.75, 3.05) is 0 Å². The molecular formula is C44H26O2. The topological polar surface area (TPSA) is 26.3 Å². The summed E-state index contributed by atoms with van der Waals surface area (Å²) in [4.78, 5) is 0. The van der Waals surface area contributed by atoms with Crippen LogP contribution in [0, 0.1) is 0 Å². The molecule has 2 aromatic heterocycles. The van der Waals surface area contributed by atoms with E-state index in [1.54, 1.807) is 0 Å². The number of fused-ring (bicyclic) bond motifs is 8. The van der Waals surface area contributed by atoms with Gasteiger partial charge in [0.2, 0.25) is 0 Å². The number of rotatable bonds is 3. The summed E-state index contributed by atoms with van der Waals surface area (Å²) in [7, 11) is 0. The molecule has 2 heterocycles.